The first-order chi connectivity index (χ1) is 13.4. The van der Waals surface area contributed by atoms with Crippen LogP contribution >= 0.6 is 0 Å². The number of non-ortho nitro benzene ring substituents is 1. The first-order valence-corrected chi connectivity index (χ1v) is 8.80. The Balaban J connectivity index is 1.70. The molecule has 28 heavy (non-hydrogen) atoms. The summed E-state index contributed by atoms with van der Waals surface area (Å²) in [6, 6.07) is 12.3. The Kier molecular flexibility index (Phi) is 4.31. The second kappa shape index (κ2) is 6.80. The van der Waals surface area contributed by atoms with Crippen molar-refractivity contribution in [2.75, 3.05) is 17.2 Å². The van der Waals surface area contributed by atoms with Gasteiger partial charge in [0.2, 0.25) is 0 Å². The van der Waals surface area contributed by atoms with Crippen LogP contribution in [-0.4, -0.2) is 22.4 Å². The van der Waals surface area contributed by atoms with Crippen LogP contribution in [-0.2, 0) is 4.79 Å². The van der Waals surface area contributed by atoms with E-state index in [1.54, 1.807) is 13.0 Å². The fourth-order valence-corrected chi connectivity index (χ4v) is 3.31. The standard InChI is InChI=1S/C20H18N4O4/c1-11-8-15(14-4-3-5-17(24(26)27)20(14)21-11)22-12(2)13-6-7-18-16(9-13)23-19(25)10-28-18/h3-9,12H,10H2,1-2H3,(H,21,22)(H,23,25). The topological polar surface area (TPSA) is 106 Å². The van der Waals surface area contributed by atoms with E-state index in [-0.39, 0.29) is 24.2 Å². The molecule has 0 spiro atoms. The summed E-state index contributed by atoms with van der Waals surface area (Å²) in [4.78, 5) is 26.8. The zero-order valence-corrected chi connectivity index (χ0v) is 15.4. The van der Waals surface area contributed by atoms with E-state index in [1.165, 1.54) is 6.07 Å². The number of hydrogen-bond donors (Lipinski definition) is 2. The van der Waals surface area contributed by atoms with Crippen LogP contribution in [0.1, 0.15) is 24.2 Å². The number of rotatable bonds is 4. The molecular weight excluding hydrogens is 360 g/mol. The number of nitrogens with one attached hydrogen (secondary N) is 2. The summed E-state index contributed by atoms with van der Waals surface area (Å²) in [6.07, 6.45) is 0. The number of ether oxygens (including phenoxy) is 1. The summed E-state index contributed by atoms with van der Waals surface area (Å²) < 4.78 is 5.39. The number of carbonyl (C=O) groups excluding carboxylic acids is 1. The highest BCUT2D eigenvalue weighted by atomic mass is 16.6. The minimum absolute atomic E-state index is 0.0151. The molecule has 1 amide bonds. The van der Waals surface area contributed by atoms with Crippen molar-refractivity contribution in [1.82, 2.24) is 4.98 Å². The molecule has 0 aliphatic carbocycles. The quantitative estimate of drug-likeness (QED) is 0.526. The summed E-state index contributed by atoms with van der Waals surface area (Å²) in [7, 11) is 0. The zero-order valence-electron chi connectivity index (χ0n) is 15.4. The molecule has 0 radical (unpaired) electrons. The normalized spacial score (nSPS) is 14.0. The van der Waals surface area contributed by atoms with Gasteiger partial charge < -0.3 is 15.4 Å². The largest absolute Gasteiger partial charge is 0.482 e. The van der Waals surface area contributed by atoms with Crippen LogP contribution in [0.2, 0.25) is 0 Å². The maximum absolute atomic E-state index is 11.6. The Morgan fingerprint density at radius 2 is 2.11 bits per heavy atom. The van der Waals surface area contributed by atoms with Gasteiger partial charge in [0.05, 0.1) is 10.6 Å². The lowest BCUT2D eigenvalue weighted by Gasteiger charge is -2.22. The lowest BCUT2D eigenvalue weighted by Crippen LogP contribution is -2.25. The van der Waals surface area contributed by atoms with Gasteiger partial charge in [0, 0.05) is 28.9 Å². The Morgan fingerprint density at radius 1 is 1.29 bits per heavy atom. The van der Waals surface area contributed by atoms with E-state index >= 15 is 0 Å². The second-order valence-corrected chi connectivity index (χ2v) is 6.70. The molecule has 3 aromatic rings. The van der Waals surface area contributed by atoms with Gasteiger partial charge in [0.15, 0.2) is 12.1 Å². The third kappa shape index (κ3) is 3.20. The van der Waals surface area contributed by atoms with Gasteiger partial charge in [-0.25, -0.2) is 4.98 Å². The van der Waals surface area contributed by atoms with Gasteiger partial charge in [-0.3, -0.25) is 14.9 Å². The molecule has 1 aliphatic rings. The van der Waals surface area contributed by atoms with Crippen LogP contribution in [0.5, 0.6) is 5.75 Å². The fraction of sp³-hybridized carbons (Fsp3) is 0.200. The number of carbonyl (C=O) groups is 1. The third-order valence-corrected chi connectivity index (χ3v) is 4.65. The number of benzene rings is 2. The van der Waals surface area contributed by atoms with E-state index in [1.807, 2.05) is 37.3 Å². The maximum Gasteiger partial charge on any atom is 0.295 e. The van der Waals surface area contributed by atoms with Gasteiger partial charge in [0.1, 0.15) is 5.75 Å². The molecule has 142 valence electrons. The summed E-state index contributed by atoms with van der Waals surface area (Å²) in [5, 5.41) is 18.2. The number of pyridine rings is 1. The van der Waals surface area contributed by atoms with Crippen LogP contribution in [0.15, 0.2) is 42.5 Å². The summed E-state index contributed by atoms with van der Waals surface area (Å²) in [5.74, 6) is 0.449. The molecule has 2 aromatic carbocycles. The smallest absolute Gasteiger partial charge is 0.295 e. The van der Waals surface area contributed by atoms with Crippen molar-refractivity contribution in [3.05, 3.63) is 63.8 Å². The lowest BCUT2D eigenvalue weighted by atomic mass is 10.0. The van der Waals surface area contributed by atoms with Crippen LogP contribution in [0.25, 0.3) is 10.9 Å². The van der Waals surface area contributed by atoms with E-state index in [9.17, 15) is 14.9 Å². The van der Waals surface area contributed by atoms with Gasteiger partial charge in [-0.15, -0.1) is 0 Å². The molecule has 8 nitrogen and oxygen atoms in total. The minimum Gasteiger partial charge on any atom is -0.482 e. The number of fused-ring (bicyclic) bond motifs is 2. The van der Waals surface area contributed by atoms with Gasteiger partial charge >= 0.3 is 0 Å². The summed E-state index contributed by atoms with van der Waals surface area (Å²) >= 11 is 0. The highest BCUT2D eigenvalue weighted by Gasteiger charge is 2.19. The molecule has 0 bridgehead atoms. The molecule has 1 aliphatic heterocycles. The molecule has 2 N–H and O–H groups in total. The number of para-hydroxylation sites is 1. The first kappa shape index (κ1) is 17.7. The van der Waals surface area contributed by atoms with E-state index in [0.29, 0.717) is 28.0 Å². The van der Waals surface area contributed by atoms with Crippen LogP contribution in [0.3, 0.4) is 0 Å². The highest BCUT2D eigenvalue weighted by molar-refractivity contribution is 5.97. The molecule has 2 heterocycles. The van der Waals surface area contributed by atoms with E-state index in [0.717, 1.165) is 11.3 Å². The summed E-state index contributed by atoms with van der Waals surface area (Å²) in [5.41, 5.74) is 3.35. The molecule has 8 heteroatoms. The third-order valence-electron chi connectivity index (χ3n) is 4.65. The van der Waals surface area contributed by atoms with Gasteiger partial charge in [-0.05, 0) is 37.6 Å². The number of nitrogens with zero attached hydrogens (tertiary/aromatic N) is 2. The minimum atomic E-state index is -0.422. The molecule has 0 saturated carbocycles. The number of aryl methyl sites for hydroxylation is 1. The number of nitro benzene ring substituents is 1. The summed E-state index contributed by atoms with van der Waals surface area (Å²) in [6.45, 7) is 3.80. The number of hydrogen-bond acceptors (Lipinski definition) is 6. The number of aromatic nitrogens is 1. The number of amides is 1. The van der Waals surface area contributed by atoms with Crippen molar-refractivity contribution < 1.29 is 14.5 Å². The van der Waals surface area contributed by atoms with Crippen LogP contribution in [0, 0.1) is 17.0 Å². The molecule has 4 rings (SSSR count). The van der Waals surface area contributed by atoms with E-state index < -0.39 is 4.92 Å². The van der Waals surface area contributed by atoms with Gasteiger partial charge in [-0.2, -0.15) is 0 Å². The molecular formula is C20H18N4O4. The SMILES string of the molecule is Cc1cc(NC(C)c2ccc3c(c2)NC(=O)CO3)c2cccc([N+](=O)[O-])c2n1. The molecule has 1 atom stereocenters. The maximum atomic E-state index is 11.6. The van der Waals surface area contributed by atoms with Crippen molar-refractivity contribution in [2.45, 2.75) is 19.9 Å². The molecule has 0 fully saturated rings. The average Bonchev–Trinajstić information content (AvgIpc) is 2.66. The fourth-order valence-electron chi connectivity index (χ4n) is 3.31. The van der Waals surface area contributed by atoms with Crippen molar-refractivity contribution in [3.8, 4) is 5.75 Å². The average molecular weight is 378 g/mol. The predicted octanol–water partition coefficient (Wildman–Crippen LogP) is 3.96. The molecule has 0 saturated heterocycles. The Bertz CT molecular complexity index is 1110. The van der Waals surface area contributed by atoms with Gasteiger partial charge in [-0.1, -0.05) is 18.2 Å². The first-order valence-electron chi connectivity index (χ1n) is 8.80. The van der Waals surface area contributed by atoms with Crippen molar-refractivity contribution >= 4 is 33.9 Å². The van der Waals surface area contributed by atoms with Crippen molar-refractivity contribution in [1.29, 1.82) is 0 Å². The monoisotopic (exact) mass is 378 g/mol. The number of anilines is 2. The highest BCUT2D eigenvalue weighted by Crippen LogP contribution is 2.34. The van der Waals surface area contributed by atoms with Crippen molar-refractivity contribution in [3.63, 3.8) is 0 Å². The van der Waals surface area contributed by atoms with E-state index in [2.05, 4.69) is 15.6 Å². The molecule has 1 unspecified atom stereocenters. The lowest BCUT2D eigenvalue weighted by molar-refractivity contribution is -0.383. The molecule has 1 aromatic heterocycles. The zero-order chi connectivity index (χ0) is 19.8. The second-order valence-electron chi connectivity index (χ2n) is 6.70. The Morgan fingerprint density at radius 3 is 2.89 bits per heavy atom. The Hall–Kier alpha value is -3.68. The van der Waals surface area contributed by atoms with Crippen LogP contribution in [0.4, 0.5) is 17.1 Å². The van der Waals surface area contributed by atoms with Crippen molar-refractivity contribution in [2.24, 2.45) is 0 Å². The number of nitro groups is 1. The predicted molar refractivity (Wildman–Crippen MR) is 106 cm³/mol. The van der Waals surface area contributed by atoms with Crippen LogP contribution < -0.4 is 15.4 Å². The van der Waals surface area contributed by atoms with E-state index in [4.69, 9.17) is 4.74 Å². The Labute approximate surface area is 160 Å². The van der Waals surface area contributed by atoms with Gasteiger partial charge in [0.25, 0.3) is 11.6 Å².